The molecular formula is C16H26N2OS. The Labute approximate surface area is 126 Å². The van der Waals surface area contributed by atoms with Crippen LogP contribution >= 0.6 is 11.3 Å². The molecule has 1 saturated heterocycles. The van der Waals surface area contributed by atoms with E-state index in [0.29, 0.717) is 6.04 Å². The summed E-state index contributed by atoms with van der Waals surface area (Å²) in [5.74, 6) is 0.216. The van der Waals surface area contributed by atoms with E-state index in [1.807, 2.05) is 6.07 Å². The monoisotopic (exact) mass is 294 g/mol. The number of unbranched alkanes of at least 4 members (excludes halogenated alkanes) is 1. The first kappa shape index (κ1) is 15.5. The first-order valence-corrected chi connectivity index (χ1v) is 8.53. The largest absolute Gasteiger partial charge is 0.336 e. The Morgan fingerprint density at radius 1 is 1.50 bits per heavy atom. The molecule has 3 nitrogen and oxygen atoms in total. The minimum Gasteiger partial charge on any atom is -0.336 e. The highest BCUT2D eigenvalue weighted by molar-refractivity contribution is 7.14. The van der Waals surface area contributed by atoms with Crippen molar-refractivity contribution in [1.29, 1.82) is 0 Å². The molecule has 1 amide bonds. The molecule has 0 radical (unpaired) electrons. The number of nitrogens with one attached hydrogen (secondary N) is 1. The highest BCUT2D eigenvalue weighted by Gasteiger charge is 2.23. The van der Waals surface area contributed by atoms with E-state index in [9.17, 15) is 4.79 Å². The summed E-state index contributed by atoms with van der Waals surface area (Å²) < 4.78 is 0. The predicted molar refractivity (Wildman–Crippen MR) is 85.6 cm³/mol. The zero-order chi connectivity index (χ0) is 14.5. The summed E-state index contributed by atoms with van der Waals surface area (Å²) in [6.45, 7) is 9.18. The van der Waals surface area contributed by atoms with Crippen molar-refractivity contribution in [2.75, 3.05) is 19.6 Å². The zero-order valence-corrected chi connectivity index (χ0v) is 13.7. The fraction of sp³-hybridized carbons (Fsp3) is 0.688. The molecule has 1 unspecified atom stereocenters. The maximum Gasteiger partial charge on any atom is 0.263 e. The summed E-state index contributed by atoms with van der Waals surface area (Å²) in [5, 5.41) is 3.50. The summed E-state index contributed by atoms with van der Waals surface area (Å²) in [6, 6.07) is 2.53. The number of rotatable bonds is 6. The van der Waals surface area contributed by atoms with Crippen LogP contribution in [0.4, 0.5) is 0 Å². The van der Waals surface area contributed by atoms with Gasteiger partial charge in [0.05, 0.1) is 4.88 Å². The van der Waals surface area contributed by atoms with Crippen LogP contribution in [0.15, 0.2) is 6.07 Å². The van der Waals surface area contributed by atoms with Gasteiger partial charge in [-0.05, 0) is 51.3 Å². The van der Waals surface area contributed by atoms with Crippen molar-refractivity contribution in [3.05, 3.63) is 21.4 Å². The summed E-state index contributed by atoms with van der Waals surface area (Å²) in [6.07, 6.45) is 4.64. The second kappa shape index (κ2) is 7.23. The number of amides is 1. The van der Waals surface area contributed by atoms with Crippen LogP contribution in [0.5, 0.6) is 0 Å². The second-order valence-electron chi connectivity index (χ2n) is 5.75. The van der Waals surface area contributed by atoms with Gasteiger partial charge < -0.3 is 10.2 Å². The van der Waals surface area contributed by atoms with Gasteiger partial charge in [-0.2, -0.15) is 0 Å². The standard InChI is InChI=1S/C16H26N2OS/c1-4-5-9-18(11-14-7-6-8-17-14)16(19)15-10-12(2)13(3)20-15/h10,14,17H,4-9,11H2,1-3H3. The van der Waals surface area contributed by atoms with Crippen LogP contribution in [0.1, 0.15) is 52.7 Å². The Hall–Kier alpha value is -0.870. The molecule has 2 rings (SSSR count). The Bertz CT molecular complexity index is 430. The lowest BCUT2D eigenvalue weighted by molar-refractivity contribution is 0.0744. The first-order valence-electron chi connectivity index (χ1n) is 7.71. The maximum absolute atomic E-state index is 12.7. The minimum absolute atomic E-state index is 0.216. The van der Waals surface area contributed by atoms with E-state index >= 15 is 0 Å². The second-order valence-corrected chi connectivity index (χ2v) is 7.00. The Kier molecular flexibility index (Phi) is 5.61. The van der Waals surface area contributed by atoms with Gasteiger partial charge in [-0.3, -0.25) is 4.79 Å². The molecule has 20 heavy (non-hydrogen) atoms. The summed E-state index contributed by atoms with van der Waals surface area (Å²) in [7, 11) is 0. The number of hydrogen-bond acceptors (Lipinski definition) is 3. The van der Waals surface area contributed by atoms with E-state index in [1.54, 1.807) is 11.3 Å². The molecule has 0 aliphatic carbocycles. The quantitative estimate of drug-likeness (QED) is 0.872. The van der Waals surface area contributed by atoms with Gasteiger partial charge in [-0.25, -0.2) is 0 Å². The van der Waals surface area contributed by atoms with Crippen molar-refractivity contribution < 1.29 is 4.79 Å². The average Bonchev–Trinajstić information content (AvgIpc) is 3.05. The van der Waals surface area contributed by atoms with E-state index in [0.717, 1.165) is 37.4 Å². The van der Waals surface area contributed by atoms with Gasteiger partial charge in [-0.15, -0.1) is 11.3 Å². The van der Waals surface area contributed by atoms with Crippen LogP contribution in [-0.4, -0.2) is 36.5 Å². The van der Waals surface area contributed by atoms with Crippen molar-refractivity contribution in [2.45, 2.75) is 52.5 Å². The van der Waals surface area contributed by atoms with E-state index in [1.165, 1.54) is 23.3 Å². The molecule has 4 heteroatoms. The third-order valence-corrected chi connectivity index (χ3v) is 5.19. The third kappa shape index (κ3) is 3.83. The maximum atomic E-state index is 12.7. The topological polar surface area (TPSA) is 32.3 Å². The number of carbonyl (C=O) groups excluding carboxylic acids is 1. The van der Waals surface area contributed by atoms with Crippen LogP contribution in [0.25, 0.3) is 0 Å². The molecule has 1 atom stereocenters. The molecule has 0 aromatic carbocycles. The van der Waals surface area contributed by atoms with E-state index < -0.39 is 0 Å². The lowest BCUT2D eigenvalue weighted by Gasteiger charge is -2.25. The summed E-state index contributed by atoms with van der Waals surface area (Å²) in [5.41, 5.74) is 1.23. The number of nitrogens with zero attached hydrogens (tertiary/aromatic N) is 1. The molecule has 1 aliphatic rings. The molecule has 1 aromatic rings. The molecule has 1 fully saturated rings. The molecule has 1 aliphatic heterocycles. The van der Waals surface area contributed by atoms with Crippen LogP contribution in [0.2, 0.25) is 0 Å². The van der Waals surface area contributed by atoms with Gasteiger partial charge in [0, 0.05) is 24.0 Å². The molecule has 0 saturated carbocycles. The number of thiophene rings is 1. The Morgan fingerprint density at radius 3 is 2.85 bits per heavy atom. The third-order valence-electron chi connectivity index (χ3n) is 4.05. The molecule has 1 N–H and O–H groups in total. The molecule has 2 heterocycles. The van der Waals surface area contributed by atoms with Gasteiger partial charge >= 0.3 is 0 Å². The van der Waals surface area contributed by atoms with Gasteiger partial charge in [0.1, 0.15) is 0 Å². The molecular weight excluding hydrogens is 268 g/mol. The van der Waals surface area contributed by atoms with E-state index in [2.05, 4.69) is 31.0 Å². The van der Waals surface area contributed by atoms with Crippen molar-refractivity contribution in [3.63, 3.8) is 0 Å². The number of carbonyl (C=O) groups is 1. The molecule has 0 spiro atoms. The van der Waals surface area contributed by atoms with Crippen molar-refractivity contribution in [2.24, 2.45) is 0 Å². The average molecular weight is 294 g/mol. The fourth-order valence-electron chi connectivity index (χ4n) is 2.64. The predicted octanol–water partition coefficient (Wildman–Crippen LogP) is 3.36. The van der Waals surface area contributed by atoms with E-state index in [-0.39, 0.29) is 5.91 Å². The summed E-state index contributed by atoms with van der Waals surface area (Å²) in [4.78, 5) is 16.9. The van der Waals surface area contributed by atoms with Crippen molar-refractivity contribution >= 4 is 17.2 Å². The van der Waals surface area contributed by atoms with Gasteiger partial charge in [-0.1, -0.05) is 13.3 Å². The minimum atomic E-state index is 0.216. The van der Waals surface area contributed by atoms with Crippen LogP contribution in [-0.2, 0) is 0 Å². The Balaban J connectivity index is 2.05. The fourth-order valence-corrected chi connectivity index (χ4v) is 3.64. The first-order chi connectivity index (χ1) is 9.61. The molecule has 112 valence electrons. The van der Waals surface area contributed by atoms with Crippen molar-refractivity contribution in [1.82, 2.24) is 10.2 Å². The SMILES string of the molecule is CCCCN(CC1CCCN1)C(=O)c1cc(C)c(C)s1. The highest BCUT2D eigenvalue weighted by atomic mass is 32.1. The van der Waals surface area contributed by atoms with E-state index in [4.69, 9.17) is 0 Å². The summed E-state index contributed by atoms with van der Waals surface area (Å²) >= 11 is 1.63. The number of aryl methyl sites for hydroxylation is 2. The van der Waals surface area contributed by atoms with Gasteiger partial charge in [0.25, 0.3) is 5.91 Å². The molecule has 1 aromatic heterocycles. The lowest BCUT2D eigenvalue weighted by Crippen LogP contribution is -2.41. The van der Waals surface area contributed by atoms with Crippen LogP contribution in [0.3, 0.4) is 0 Å². The number of hydrogen-bond donors (Lipinski definition) is 1. The normalized spacial score (nSPS) is 18.4. The van der Waals surface area contributed by atoms with Crippen LogP contribution in [0, 0.1) is 13.8 Å². The molecule has 0 bridgehead atoms. The van der Waals surface area contributed by atoms with Gasteiger partial charge in [0.15, 0.2) is 0 Å². The lowest BCUT2D eigenvalue weighted by atomic mass is 10.2. The zero-order valence-electron chi connectivity index (χ0n) is 12.9. The smallest absolute Gasteiger partial charge is 0.263 e. The highest BCUT2D eigenvalue weighted by Crippen LogP contribution is 2.22. The van der Waals surface area contributed by atoms with Crippen LogP contribution < -0.4 is 5.32 Å². The van der Waals surface area contributed by atoms with Crippen molar-refractivity contribution in [3.8, 4) is 0 Å². The van der Waals surface area contributed by atoms with Gasteiger partial charge in [0.2, 0.25) is 0 Å². The Morgan fingerprint density at radius 2 is 2.30 bits per heavy atom.